The molecule has 1 unspecified atom stereocenters. The molecule has 1 atom stereocenters. The highest BCUT2D eigenvalue weighted by atomic mass is 16.2. The largest absolute Gasteiger partial charge is 0.342 e. The minimum Gasteiger partial charge on any atom is -0.342 e. The van der Waals surface area contributed by atoms with Crippen LogP contribution in [0.4, 0.5) is 0 Å². The van der Waals surface area contributed by atoms with Crippen LogP contribution in [-0.2, 0) is 11.2 Å². The van der Waals surface area contributed by atoms with Gasteiger partial charge in [-0.25, -0.2) is 0 Å². The van der Waals surface area contributed by atoms with Gasteiger partial charge >= 0.3 is 0 Å². The molecule has 1 aliphatic heterocycles. The van der Waals surface area contributed by atoms with Crippen LogP contribution in [0.15, 0.2) is 30.3 Å². The second-order valence-corrected chi connectivity index (χ2v) is 4.54. The van der Waals surface area contributed by atoms with Crippen molar-refractivity contribution in [2.45, 2.75) is 26.2 Å². The average Bonchev–Trinajstić information content (AvgIpc) is 2.78. The Balaban J connectivity index is 1.88. The molecule has 0 N–H and O–H groups in total. The molecule has 1 heterocycles. The zero-order chi connectivity index (χ0) is 11.4. The van der Waals surface area contributed by atoms with E-state index in [1.54, 1.807) is 0 Å². The molecule has 0 aliphatic carbocycles. The van der Waals surface area contributed by atoms with Crippen LogP contribution in [0.3, 0.4) is 0 Å². The van der Waals surface area contributed by atoms with Crippen molar-refractivity contribution in [1.29, 1.82) is 0 Å². The third-order valence-electron chi connectivity index (χ3n) is 3.31. The van der Waals surface area contributed by atoms with E-state index in [0.717, 1.165) is 25.9 Å². The lowest BCUT2D eigenvalue weighted by atomic mass is 9.99. The Morgan fingerprint density at radius 1 is 1.38 bits per heavy atom. The molecular weight excluding hydrogens is 198 g/mol. The van der Waals surface area contributed by atoms with Crippen LogP contribution in [-0.4, -0.2) is 23.9 Å². The number of carbonyl (C=O) groups excluding carboxylic acids is 1. The van der Waals surface area contributed by atoms with Crippen LogP contribution in [0.5, 0.6) is 0 Å². The van der Waals surface area contributed by atoms with Crippen LogP contribution in [0.25, 0.3) is 0 Å². The molecule has 1 saturated heterocycles. The van der Waals surface area contributed by atoms with E-state index in [1.807, 2.05) is 17.9 Å². The molecule has 2 heteroatoms. The third kappa shape index (κ3) is 2.63. The molecule has 16 heavy (non-hydrogen) atoms. The van der Waals surface area contributed by atoms with Crippen LogP contribution in [0, 0.1) is 5.92 Å². The second kappa shape index (κ2) is 5.15. The van der Waals surface area contributed by atoms with Gasteiger partial charge in [0, 0.05) is 19.5 Å². The molecule has 0 spiro atoms. The molecule has 86 valence electrons. The first kappa shape index (κ1) is 11.2. The quantitative estimate of drug-likeness (QED) is 0.761. The number of carbonyl (C=O) groups is 1. The summed E-state index contributed by atoms with van der Waals surface area (Å²) >= 11 is 0. The maximum atomic E-state index is 11.5. The Hall–Kier alpha value is -1.31. The third-order valence-corrected chi connectivity index (χ3v) is 3.31. The summed E-state index contributed by atoms with van der Waals surface area (Å²) in [6, 6.07) is 10.6. The molecule has 0 radical (unpaired) electrons. The molecule has 1 aromatic rings. The van der Waals surface area contributed by atoms with Gasteiger partial charge in [0.2, 0.25) is 5.91 Å². The van der Waals surface area contributed by atoms with Crippen LogP contribution >= 0.6 is 0 Å². The zero-order valence-electron chi connectivity index (χ0n) is 9.86. The minimum atomic E-state index is 0.301. The molecule has 2 nitrogen and oxygen atoms in total. The number of benzene rings is 1. The highest BCUT2D eigenvalue weighted by Crippen LogP contribution is 2.21. The van der Waals surface area contributed by atoms with E-state index in [9.17, 15) is 4.79 Å². The number of rotatable bonds is 3. The van der Waals surface area contributed by atoms with Crippen molar-refractivity contribution in [3.05, 3.63) is 35.9 Å². The predicted octanol–water partition coefficient (Wildman–Crippen LogP) is 2.49. The van der Waals surface area contributed by atoms with Crippen molar-refractivity contribution >= 4 is 5.91 Å². The van der Waals surface area contributed by atoms with E-state index < -0.39 is 0 Å². The summed E-state index contributed by atoms with van der Waals surface area (Å²) in [5.41, 5.74) is 1.39. The summed E-state index contributed by atoms with van der Waals surface area (Å²) in [6.45, 7) is 3.83. The first-order valence-electron chi connectivity index (χ1n) is 6.11. The standard InChI is InChI=1S/C14H19NO/c1-2-14(16)15-9-8-13(11-15)10-12-6-4-3-5-7-12/h3-7,13H,2,8-11H2,1H3. The van der Waals surface area contributed by atoms with Crippen LogP contribution < -0.4 is 0 Å². The van der Waals surface area contributed by atoms with E-state index in [1.165, 1.54) is 5.56 Å². The number of hydrogen-bond donors (Lipinski definition) is 0. The molecule has 0 saturated carbocycles. The van der Waals surface area contributed by atoms with E-state index in [0.29, 0.717) is 18.2 Å². The van der Waals surface area contributed by atoms with Crippen molar-refractivity contribution in [2.75, 3.05) is 13.1 Å². The molecule has 2 rings (SSSR count). The zero-order valence-corrected chi connectivity index (χ0v) is 9.86. The van der Waals surface area contributed by atoms with Gasteiger partial charge < -0.3 is 4.90 Å². The van der Waals surface area contributed by atoms with Gasteiger partial charge in [-0.15, -0.1) is 0 Å². The lowest BCUT2D eigenvalue weighted by Gasteiger charge is -2.15. The maximum absolute atomic E-state index is 11.5. The van der Waals surface area contributed by atoms with E-state index in [4.69, 9.17) is 0 Å². The Kier molecular flexibility index (Phi) is 3.60. The Bertz CT molecular complexity index is 347. The fourth-order valence-corrected chi connectivity index (χ4v) is 2.40. The number of amides is 1. The highest BCUT2D eigenvalue weighted by molar-refractivity contribution is 5.76. The van der Waals surface area contributed by atoms with Crippen molar-refractivity contribution in [3.8, 4) is 0 Å². The topological polar surface area (TPSA) is 20.3 Å². The summed E-state index contributed by atoms with van der Waals surface area (Å²) in [6.07, 6.45) is 2.90. The molecule has 1 aliphatic rings. The average molecular weight is 217 g/mol. The van der Waals surface area contributed by atoms with Gasteiger partial charge in [-0.05, 0) is 24.3 Å². The Morgan fingerprint density at radius 3 is 2.81 bits per heavy atom. The second-order valence-electron chi connectivity index (χ2n) is 4.54. The summed E-state index contributed by atoms with van der Waals surface area (Å²) in [5.74, 6) is 0.952. The van der Waals surface area contributed by atoms with Gasteiger partial charge in [0.05, 0.1) is 0 Å². The number of likely N-dealkylation sites (tertiary alicyclic amines) is 1. The minimum absolute atomic E-state index is 0.301. The SMILES string of the molecule is CCC(=O)N1CCC(Cc2ccccc2)C1. The summed E-state index contributed by atoms with van der Waals surface area (Å²) in [4.78, 5) is 13.5. The van der Waals surface area contributed by atoms with Gasteiger partial charge in [0.25, 0.3) is 0 Å². The van der Waals surface area contributed by atoms with Crippen LogP contribution in [0.2, 0.25) is 0 Å². The molecule has 1 fully saturated rings. The summed E-state index contributed by atoms with van der Waals surface area (Å²) in [5, 5.41) is 0. The Morgan fingerprint density at radius 2 is 2.12 bits per heavy atom. The summed E-state index contributed by atoms with van der Waals surface area (Å²) in [7, 11) is 0. The monoisotopic (exact) mass is 217 g/mol. The number of hydrogen-bond acceptors (Lipinski definition) is 1. The van der Waals surface area contributed by atoms with Crippen molar-refractivity contribution in [1.82, 2.24) is 4.90 Å². The van der Waals surface area contributed by atoms with Crippen molar-refractivity contribution in [2.24, 2.45) is 5.92 Å². The lowest BCUT2D eigenvalue weighted by Crippen LogP contribution is -2.27. The van der Waals surface area contributed by atoms with Gasteiger partial charge in [0.15, 0.2) is 0 Å². The predicted molar refractivity (Wildman–Crippen MR) is 65.1 cm³/mol. The first-order valence-corrected chi connectivity index (χ1v) is 6.11. The van der Waals surface area contributed by atoms with E-state index in [-0.39, 0.29) is 0 Å². The van der Waals surface area contributed by atoms with Gasteiger partial charge in [-0.2, -0.15) is 0 Å². The smallest absolute Gasteiger partial charge is 0.222 e. The normalized spacial score (nSPS) is 20.1. The number of nitrogens with zero attached hydrogens (tertiary/aromatic N) is 1. The fraction of sp³-hybridized carbons (Fsp3) is 0.500. The molecule has 1 amide bonds. The van der Waals surface area contributed by atoms with Gasteiger partial charge in [-0.1, -0.05) is 37.3 Å². The molecule has 0 bridgehead atoms. The summed E-state index contributed by atoms with van der Waals surface area (Å²) < 4.78 is 0. The van der Waals surface area contributed by atoms with E-state index >= 15 is 0 Å². The molecule has 1 aromatic carbocycles. The highest BCUT2D eigenvalue weighted by Gasteiger charge is 2.24. The van der Waals surface area contributed by atoms with Gasteiger partial charge in [-0.3, -0.25) is 4.79 Å². The van der Waals surface area contributed by atoms with Crippen molar-refractivity contribution in [3.63, 3.8) is 0 Å². The molecular formula is C14H19NO. The fourth-order valence-electron chi connectivity index (χ4n) is 2.40. The first-order chi connectivity index (χ1) is 7.79. The van der Waals surface area contributed by atoms with Crippen molar-refractivity contribution < 1.29 is 4.79 Å². The maximum Gasteiger partial charge on any atom is 0.222 e. The molecule has 0 aromatic heterocycles. The Labute approximate surface area is 97.3 Å². The lowest BCUT2D eigenvalue weighted by molar-refractivity contribution is -0.129. The van der Waals surface area contributed by atoms with Crippen LogP contribution in [0.1, 0.15) is 25.3 Å². The van der Waals surface area contributed by atoms with E-state index in [2.05, 4.69) is 24.3 Å². The van der Waals surface area contributed by atoms with Gasteiger partial charge in [0.1, 0.15) is 0 Å².